The highest BCUT2D eigenvalue weighted by Gasteiger charge is 2.21. The van der Waals surface area contributed by atoms with E-state index in [-0.39, 0.29) is 11.2 Å². The Hall–Kier alpha value is -2.67. The molecule has 0 fully saturated rings. The summed E-state index contributed by atoms with van der Waals surface area (Å²) in [4.78, 5) is 16.0. The van der Waals surface area contributed by atoms with Crippen LogP contribution in [0.3, 0.4) is 0 Å². The van der Waals surface area contributed by atoms with E-state index in [1.165, 1.54) is 11.8 Å². The van der Waals surface area contributed by atoms with Crippen molar-refractivity contribution in [1.82, 2.24) is 19.7 Å². The third-order valence-corrected chi connectivity index (χ3v) is 4.80. The molecule has 0 N–H and O–H groups in total. The van der Waals surface area contributed by atoms with Gasteiger partial charge in [0, 0.05) is 18.0 Å². The summed E-state index contributed by atoms with van der Waals surface area (Å²) < 4.78 is 7.12. The predicted molar refractivity (Wildman–Crippen MR) is 101 cm³/mol. The van der Waals surface area contributed by atoms with E-state index in [1.807, 2.05) is 41.8 Å². The molecule has 6 nitrogen and oxygen atoms in total. The molecule has 3 aromatic rings. The maximum atomic E-state index is 12.0. The first-order valence-electron chi connectivity index (χ1n) is 8.40. The molecule has 0 aliphatic rings. The van der Waals surface area contributed by atoms with Crippen LogP contribution < -0.4 is 0 Å². The first kappa shape index (κ1) is 18.1. The normalized spacial score (nSPS) is 11.9. The second-order valence-corrected chi connectivity index (χ2v) is 6.93. The number of ether oxygens (including phenoxy) is 1. The number of rotatable bonds is 7. The first-order valence-corrected chi connectivity index (χ1v) is 9.27. The van der Waals surface area contributed by atoms with E-state index in [0.717, 1.165) is 17.0 Å². The van der Waals surface area contributed by atoms with Gasteiger partial charge >= 0.3 is 5.97 Å². The minimum absolute atomic E-state index is 0.253. The Morgan fingerprint density at radius 1 is 1.15 bits per heavy atom. The molecule has 7 heteroatoms. The van der Waals surface area contributed by atoms with Gasteiger partial charge in [-0.25, -0.2) is 0 Å². The van der Waals surface area contributed by atoms with Crippen LogP contribution in [-0.2, 0) is 16.1 Å². The number of esters is 1. The average Bonchev–Trinajstić information content (AvgIpc) is 3.05. The van der Waals surface area contributed by atoms with Gasteiger partial charge in [0.2, 0.25) is 0 Å². The van der Waals surface area contributed by atoms with Crippen LogP contribution in [0.4, 0.5) is 0 Å². The lowest BCUT2D eigenvalue weighted by Crippen LogP contribution is -2.17. The van der Waals surface area contributed by atoms with Gasteiger partial charge in [-0.05, 0) is 31.5 Å². The van der Waals surface area contributed by atoms with Crippen molar-refractivity contribution in [3.63, 3.8) is 0 Å². The van der Waals surface area contributed by atoms with Crippen molar-refractivity contribution in [3.05, 3.63) is 60.4 Å². The number of thioether (sulfide) groups is 1. The Labute approximate surface area is 156 Å². The minimum atomic E-state index is -0.362. The van der Waals surface area contributed by atoms with E-state index >= 15 is 0 Å². The third kappa shape index (κ3) is 4.29. The summed E-state index contributed by atoms with van der Waals surface area (Å²) in [5.74, 6) is 0.493. The number of carbonyl (C=O) groups excluding carboxylic acids is 1. The van der Waals surface area contributed by atoms with Crippen molar-refractivity contribution in [2.45, 2.75) is 30.8 Å². The molecule has 0 aliphatic carbocycles. The Balaban J connectivity index is 1.94. The van der Waals surface area contributed by atoms with E-state index in [0.29, 0.717) is 18.3 Å². The molecular formula is C19H20N4O2S. The summed E-state index contributed by atoms with van der Waals surface area (Å²) in [7, 11) is 0. The van der Waals surface area contributed by atoms with Gasteiger partial charge in [-0.15, -0.1) is 10.2 Å². The smallest absolute Gasteiger partial charge is 0.319 e. The molecular weight excluding hydrogens is 348 g/mol. The number of hydrogen-bond donors (Lipinski definition) is 0. The maximum Gasteiger partial charge on any atom is 0.319 e. The summed E-state index contributed by atoms with van der Waals surface area (Å²) in [6, 6.07) is 13.9. The van der Waals surface area contributed by atoms with E-state index < -0.39 is 0 Å². The van der Waals surface area contributed by atoms with Crippen LogP contribution in [0.25, 0.3) is 11.4 Å². The summed E-state index contributed by atoms with van der Waals surface area (Å²) in [5.41, 5.74) is 2.06. The second kappa shape index (κ2) is 8.62. The van der Waals surface area contributed by atoms with Crippen molar-refractivity contribution in [3.8, 4) is 11.4 Å². The van der Waals surface area contributed by atoms with Crippen LogP contribution in [0.2, 0.25) is 0 Å². The zero-order valence-electron chi connectivity index (χ0n) is 14.7. The highest BCUT2D eigenvalue weighted by molar-refractivity contribution is 8.00. The van der Waals surface area contributed by atoms with Gasteiger partial charge in [-0.3, -0.25) is 14.3 Å². The molecule has 0 aliphatic heterocycles. The molecule has 2 heterocycles. The highest BCUT2D eigenvalue weighted by Crippen LogP contribution is 2.28. The number of pyridine rings is 1. The first-order chi connectivity index (χ1) is 12.7. The zero-order valence-corrected chi connectivity index (χ0v) is 15.5. The fourth-order valence-corrected chi connectivity index (χ4v) is 3.31. The fourth-order valence-electron chi connectivity index (χ4n) is 2.46. The van der Waals surface area contributed by atoms with Crippen LogP contribution in [0.5, 0.6) is 0 Å². The average molecular weight is 368 g/mol. The van der Waals surface area contributed by atoms with Crippen LogP contribution in [0.1, 0.15) is 19.4 Å². The van der Waals surface area contributed by atoms with Gasteiger partial charge < -0.3 is 4.74 Å². The van der Waals surface area contributed by atoms with E-state index in [9.17, 15) is 4.79 Å². The van der Waals surface area contributed by atoms with Crippen LogP contribution >= 0.6 is 11.8 Å². The van der Waals surface area contributed by atoms with Gasteiger partial charge in [0.05, 0.1) is 13.2 Å². The van der Waals surface area contributed by atoms with Crippen molar-refractivity contribution < 1.29 is 9.53 Å². The van der Waals surface area contributed by atoms with Crippen molar-refractivity contribution in [2.75, 3.05) is 6.61 Å². The fraction of sp³-hybridized carbons (Fsp3) is 0.263. The van der Waals surface area contributed by atoms with Crippen molar-refractivity contribution >= 4 is 17.7 Å². The molecule has 0 saturated heterocycles. The lowest BCUT2D eigenvalue weighted by atomic mass is 10.2. The maximum absolute atomic E-state index is 12.0. The second-order valence-electron chi connectivity index (χ2n) is 5.63. The van der Waals surface area contributed by atoms with Gasteiger partial charge in [0.25, 0.3) is 0 Å². The monoisotopic (exact) mass is 368 g/mol. The lowest BCUT2D eigenvalue weighted by Gasteiger charge is -2.13. The Bertz CT molecular complexity index is 852. The molecule has 0 unspecified atom stereocenters. The molecule has 0 radical (unpaired) electrons. The number of benzene rings is 1. The Morgan fingerprint density at radius 3 is 2.58 bits per heavy atom. The number of aromatic nitrogens is 4. The molecule has 1 atom stereocenters. The molecule has 3 rings (SSSR count). The zero-order chi connectivity index (χ0) is 18.4. The van der Waals surface area contributed by atoms with Gasteiger partial charge in [-0.1, -0.05) is 42.1 Å². The van der Waals surface area contributed by atoms with Crippen molar-refractivity contribution in [2.24, 2.45) is 0 Å². The summed E-state index contributed by atoms with van der Waals surface area (Å²) in [6.07, 6.45) is 3.45. The molecule has 2 aromatic heterocycles. The lowest BCUT2D eigenvalue weighted by molar-refractivity contribution is -0.142. The summed E-state index contributed by atoms with van der Waals surface area (Å²) >= 11 is 1.35. The molecule has 26 heavy (non-hydrogen) atoms. The standard InChI is InChI=1S/C19H20N4O2S/c1-3-25-18(24)14(2)26-19-22-21-17(16-9-11-20-12-10-16)23(19)13-15-7-5-4-6-8-15/h4-12,14H,3,13H2,1-2H3/t14-/m0/s1. The number of carbonyl (C=O) groups is 1. The molecule has 0 saturated carbocycles. The van der Waals surface area contributed by atoms with Gasteiger partial charge in [-0.2, -0.15) is 0 Å². The quantitative estimate of drug-likeness (QED) is 0.470. The van der Waals surface area contributed by atoms with E-state index in [2.05, 4.69) is 27.3 Å². The molecule has 0 amide bonds. The predicted octanol–water partition coefficient (Wildman–Crippen LogP) is 3.43. The molecule has 0 spiro atoms. The third-order valence-electron chi connectivity index (χ3n) is 3.74. The summed E-state index contributed by atoms with van der Waals surface area (Å²) in [5, 5.41) is 8.99. The largest absolute Gasteiger partial charge is 0.465 e. The summed E-state index contributed by atoms with van der Waals surface area (Å²) in [6.45, 7) is 4.59. The Kier molecular flexibility index (Phi) is 6.01. The van der Waals surface area contributed by atoms with Crippen molar-refractivity contribution in [1.29, 1.82) is 0 Å². The number of nitrogens with zero attached hydrogens (tertiary/aromatic N) is 4. The highest BCUT2D eigenvalue weighted by atomic mass is 32.2. The molecule has 134 valence electrons. The molecule has 1 aromatic carbocycles. The number of hydrogen-bond acceptors (Lipinski definition) is 6. The van der Waals surface area contributed by atoms with Crippen LogP contribution in [0, 0.1) is 0 Å². The van der Waals surface area contributed by atoms with E-state index in [1.54, 1.807) is 19.3 Å². The van der Waals surface area contributed by atoms with E-state index in [4.69, 9.17) is 4.74 Å². The van der Waals surface area contributed by atoms with Crippen LogP contribution in [0.15, 0.2) is 60.0 Å². The topological polar surface area (TPSA) is 69.9 Å². The Morgan fingerprint density at radius 2 is 1.88 bits per heavy atom. The van der Waals surface area contributed by atoms with Gasteiger partial charge in [0.15, 0.2) is 11.0 Å². The SMILES string of the molecule is CCOC(=O)[C@H](C)Sc1nnc(-c2ccncc2)n1Cc1ccccc1. The minimum Gasteiger partial charge on any atom is -0.465 e. The van der Waals surface area contributed by atoms with Gasteiger partial charge in [0.1, 0.15) is 5.25 Å². The van der Waals surface area contributed by atoms with Crippen LogP contribution in [-0.4, -0.2) is 37.6 Å². The molecule has 0 bridgehead atoms.